The molecule has 1 aliphatic rings. The van der Waals surface area contributed by atoms with Crippen LogP contribution in [0, 0.1) is 5.92 Å². The number of nitrogens with two attached hydrogens (primary N) is 1. The van der Waals surface area contributed by atoms with E-state index in [0.29, 0.717) is 5.88 Å². The van der Waals surface area contributed by atoms with Crippen LogP contribution in [0.25, 0.3) is 0 Å². The highest BCUT2D eigenvalue weighted by Gasteiger charge is 2.18. The molecule has 1 aliphatic heterocycles. The molecular formula is C14H23N3O. The average molecular weight is 249 g/mol. The average Bonchev–Trinajstić information content (AvgIpc) is 2.42. The molecule has 4 nitrogen and oxygen atoms in total. The van der Waals surface area contributed by atoms with Gasteiger partial charge < -0.3 is 10.5 Å². The normalized spacial score (nSPS) is 17.9. The molecule has 0 aromatic carbocycles. The number of aromatic nitrogens is 1. The van der Waals surface area contributed by atoms with E-state index < -0.39 is 0 Å². The van der Waals surface area contributed by atoms with Crippen LogP contribution in [0.3, 0.4) is 0 Å². The fourth-order valence-electron chi connectivity index (χ4n) is 2.56. The number of nitrogens with zero attached hydrogens (tertiary/aromatic N) is 2. The molecule has 0 amide bonds. The maximum atomic E-state index is 5.61. The van der Waals surface area contributed by atoms with Crippen LogP contribution in [0.2, 0.25) is 0 Å². The Hall–Kier alpha value is -1.13. The second kappa shape index (κ2) is 6.71. The molecule has 0 atom stereocenters. The Morgan fingerprint density at radius 3 is 2.83 bits per heavy atom. The van der Waals surface area contributed by atoms with Gasteiger partial charge in [-0.15, -0.1) is 0 Å². The number of hydrogen-bond acceptors (Lipinski definition) is 4. The summed E-state index contributed by atoms with van der Waals surface area (Å²) in [5.41, 5.74) is 6.70. The summed E-state index contributed by atoms with van der Waals surface area (Å²) >= 11 is 0. The van der Waals surface area contributed by atoms with Gasteiger partial charge in [0.25, 0.3) is 0 Å². The summed E-state index contributed by atoms with van der Waals surface area (Å²) in [6, 6.07) is 5.95. The smallest absolute Gasteiger partial charge is 0.213 e. The lowest BCUT2D eigenvalue weighted by Gasteiger charge is -2.31. The van der Waals surface area contributed by atoms with Gasteiger partial charge in [-0.2, -0.15) is 0 Å². The highest BCUT2D eigenvalue weighted by molar-refractivity contribution is 5.15. The van der Waals surface area contributed by atoms with Crippen molar-refractivity contribution < 1.29 is 4.74 Å². The van der Waals surface area contributed by atoms with E-state index in [9.17, 15) is 0 Å². The number of pyridine rings is 1. The number of methoxy groups -OCH3 is 1. The summed E-state index contributed by atoms with van der Waals surface area (Å²) in [6.45, 7) is 4.06. The molecule has 0 spiro atoms. The monoisotopic (exact) mass is 249 g/mol. The van der Waals surface area contributed by atoms with Gasteiger partial charge in [-0.05, 0) is 50.9 Å². The molecule has 18 heavy (non-hydrogen) atoms. The molecule has 1 aromatic heterocycles. The summed E-state index contributed by atoms with van der Waals surface area (Å²) in [5, 5.41) is 0. The van der Waals surface area contributed by atoms with Crippen molar-refractivity contribution in [3.63, 3.8) is 0 Å². The van der Waals surface area contributed by atoms with Crippen molar-refractivity contribution in [3.05, 3.63) is 23.9 Å². The minimum atomic E-state index is 0.700. The van der Waals surface area contributed by atoms with E-state index in [4.69, 9.17) is 10.5 Å². The maximum absolute atomic E-state index is 5.61. The first kappa shape index (κ1) is 13.3. The fourth-order valence-corrected chi connectivity index (χ4v) is 2.56. The Morgan fingerprint density at radius 1 is 1.39 bits per heavy atom. The summed E-state index contributed by atoms with van der Waals surface area (Å²) in [6.07, 6.45) is 3.70. The molecule has 1 fully saturated rings. The Bertz CT molecular complexity index is 362. The number of piperidine rings is 1. The second-order valence-corrected chi connectivity index (χ2v) is 4.97. The summed E-state index contributed by atoms with van der Waals surface area (Å²) in [5.74, 6) is 1.52. The molecule has 2 N–H and O–H groups in total. The Kier molecular flexibility index (Phi) is 4.96. The van der Waals surface area contributed by atoms with Gasteiger partial charge in [0, 0.05) is 12.6 Å². The molecule has 0 saturated carbocycles. The van der Waals surface area contributed by atoms with Gasteiger partial charge >= 0.3 is 0 Å². The van der Waals surface area contributed by atoms with Crippen molar-refractivity contribution in [2.75, 3.05) is 26.7 Å². The van der Waals surface area contributed by atoms with Gasteiger partial charge in [0.05, 0.1) is 12.8 Å². The van der Waals surface area contributed by atoms with Crippen molar-refractivity contribution in [3.8, 4) is 5.88 Å². The van der Waals surface area contributed by atoms with E-state index in [0.717, 1.165) is 37.8 Å². The van der Waals surface area contributed by atoms with Gasteiger partial charge in [0.1, 0.15) is 0 Å². The molecule has 2 heterocycles. The van der Waals surface area contributed by atoms with Gasteiger partial charge in [-0.1, -0.05) is 6.07 Å². The lowest BCUT2D eigenvalue weighted by atomic mass is 9.93. The third kappa shape index (κ3) is 3.68. The first-order valence-electron chi connectivity index (χ1n) is 6.74. The van der Waals surface area contributed by atoms with E-state index in [1.807, 2.05) is 12.1 Å². The minimum Gasteiger partial charge on any atom is -0.481 e. The molecule has 0 unspecified atom stereocenters. The van der Waals surface area contributed by atoms with Gasteiger partial charge in [0.2, 0.25) is 5.88 Å². The quantitative estimate of drug-likeness (QED) is 0.862. The van der Waals surface area contributed by atoms with Gasteiger partial charge in [-0.3, -0.25) is 4.90 Å². The fraction of sp³-hybridized carbons (Fsp3) is 0.643. The lowest BCUT2D eigenvalue weighted by molar-refractivity contribution is 0.171. The van der Waals surface area contributed by atoms with E-state index in [1.165, 1.54) is 19.3 Å². The summed E-state index contributed by atoms with van der Waals surface area (Å²) < 4.78 is 5.15. The molecule has 0 radical (unpaired) electrons. The molecule has 2 rings (SSSR count). The first-order valence-corrected chi connectivity index (χ1v) is 6.74. The van der Waals surface area contributed by atoms with Gasteiger partial charge in [-0.25, -0.2) is 4.98 Å². The Morgan fingerprint density at radius 2 is 2.17 bits per heavy atom. The van der Waals surface area contributed by atoms with Crippen molar-refractivity contribution in [1.82, 2.24) is 9.88 Å². The Balaban J connectivity index is 1.83. The van der Waals surface area contributed by atoms with E-state index in [-0.39, 0.29) is 0 Å². The zero-order valence-corrected chi connectivity index (χ0v) is 11.1. The topological polar surface area (TPSA) is 51.4 Å². The predicted molar refractivity (Wildman–Crippen MR) is 72.5 cm³/mol. The third-order valence-electron chi connectivity index (χ3n) is 3.66. The molecule has 1 aromatic rings. The van der Waals surface area contributed by atoms with Crippen LogP contribution in [0.15, 0.2) is 18.2 Å². The van der Waals surface area contributed by atoms with Crippen LogP contribution >= 0.6 is 0 Å². The van der Waals surface area contributed by atoms with E-state index >= 15 is 0 Å². The number of hydrogen-bond donors (Lipinski definition) is 1. The Labute approximate surface area is 109 Å². The molecule has 100 valence electrons. The maximum Gasteiger partial charge on any atom is 0.213 e. The van der Waals surface area contributed by atoms with Crippen molar-refractivity contribution >= 4 is 0 Å². The van der Waals surface area contributed by atoms with Crippen LogP contribution < -0.4 is 10.5 Å². The van der Waals surface area contributed by atoms with Crippen LogP contribution in [0.4, 0.5) is 0 Å². The highest BCUT2D eigenvalue weighted by atomic mass is 16.5. The molecule has 0 bridgehead atoms. The number of rotatable bonds is 5. The predicted octanol–water partition coefficient (Wildman–Crippen LogP) is 1.65. The minimum absolute atomic E-state index is 0.700. The van der Waals surface area contributed by atoms with Crippen molar-refractivity contribution in [2.45, 2.75) is 25.8 Å². The summed E-state index contributed by atoms with van der Waals surface area (Å²) in [7, 11) is 1.66. The van der Waals surface area contributed by atoms with Gasteiger partial charge in [0.15, 0.2) is 0 Å². The number of ether oxygens (including phenoxy) is 1. The largest absolute Gasteiger partial charge is 0.481 e. The number of likely N-dealkylation sites (tertiary alicyclic amines) is 1. The van der Waals surface area contributed by atoms with Crippen LogP contribution in [0.1, 0.15) is 25.0 Å². The molecule has 1 saturated heterocycles. The van der Waals surface area contributed by atoms with Crippen LogP contribution in [0.5, 0.6) is 5.88 Å². The standard InChI is InChI=1S/C14H23N3O/c1-18-14-4-2-3-13(16-14)11-17-9-6-12(5-8-15)7-10-17/h2-4,12H,5-11,15H2,1H3. The molecule has 0 aliphatic carbocycles. The van der Waals surface area contributed by atoms with Crippen LogP contribution in [-0.4, -0.2) is 36.6 Å². The third-order valence-corrected chi connectivity index (χ3v) is 3.66. The summed E-state index contributed by atoms with van der Waals surface area (Å²) in [4.78, 5) is 6.92. The highest BCUT2D eigenvalue weighted by Crippen LogP contribution is 2.21. The first-order chi connectivity index (χ1) is 8.81. The zero-order chi connectivity index (χ0) is 12.8. The van der Waals surface area contributed by atoms with Crippen molar-refractivity contribution in [2.24, 2.45) is 11.7 Å². The van der Waals surface area contributed by atoms with Crippen LogP contribution in [-0.2, 0) is 6.54 Å². The zero-order valence-electron chi connectivity index (χ0n) is 11.1. The van der Waals surface area contributed by atoms with E-state index in [2.05, 4.69) is 16.0 Å². The molecule has 4 heteroatoms. The molecular weight excluding hydrogens is 226 g/mol. The second-order valence-electron chi connectivity index (χ2n) is 4.97. The van der Waals surface area contributed by atoms with E-state index in [1.54, 1.807) is 7.11 Å². The lowest BCUT2D eigenvalue weighted by Crippen LogP contribution is -2.34. The van der Waals surface area contributed by atoms with Crippen molar-refractivity contribution in [1.29, 1.82) is 0 Å². The SMILES string of the molecule is COc1cccc(CN2CCC(CCN)CC2)n1.